The van der Waals surface area contributed by atoms with Gasteiger partial charge in [-0.05, 0) is 49.6 Å². The van der Waals surface area contributed by atoms with Crippen molar-refractivity contribution in [1.82, 2.24) is 15.5 Å². The Morgan fingerprint density at radius 2 is 2.04 bits per heavy atom. The lowest BCUT2D eigenvalue weighted by Crippen LogP contribution is -2.48. The minimum absolute atomic E-state index is 0. The van der Waals surface area contributed by atoms with Crippen molar-refractivity contribution in [3.05, 3.63) is 29.8 Å². The molecule has 6 nitrogen and oxygen atoms in total. The number of rotatable bonds is 8. The fraction of sp³-hybridized carbons (Fsp3) is 0.579. The highest BCUT2D eigenvalue weighted by atomic mass is 127. The summed E-state index contributed by atoms with van der Waals surface area (Å²) in [6.45, 7) is 3.61. The summed E-state index contributed by atoms with van der Waals surface area (Å²) in [5.41, 5.74) is 1.23. The molecule has 1 aliphatic rings. The number of carbonyl (C=O) groups excluding carboxylic acids is 1. The maximum absolute atomic E-state index is 11.7. The van der Waals surface area contributed by atoms with E-state index in [0.717, 1.165) is 25.3 Å². The molecular formula is C19H31IN4O2S. The summed E-state index contributed by atoms with van der Waals surface area (Å²) < 4.78 is 5.01. The number of aliphatic imine (C=N–C) groups is 1. The van der Waals surface area contributed by atoms with Gasteiger partial charge in [0.1, 0.15) is 0 Å². The van der Waals surface area contributed by atoms with Crippen molar-refractivity contribution in [3.63, 3.8) is 0 Å². The molecule has 0 saturated heterocycles. The van der Waals surface area contributed by atoms with Crippen LogP contribution in [0.5, 0.6) is 0 Å². The summed E-state index contributed by atoms with van der Waals surface area (Å²) >= 11 is 1.74. The molecular weight excluding hydrogens is 475 g/mol. The van der Waals surface area contributed by atoms with Crippen molar-refractivity contribution in [3.8, 4) is 0 Å². The topological polar surface area (TPSA) is 66.0 Å². The Kier molecular flexibility index (Phi) is 10.9. The number of hydrogen-bond acceptors (Lipinski definition) is 4. The van der Waals surface area contributed by atoms with Crippen LogP contribution in [-0.2, 0) is 11.3 Å². The molecule has 1 aromatic carbocycles. The van der Waals surface area contributed by atoms with Crippen molar-refractivity contribution < 1.29 is 9.53 Å². The van der Waals surface area contributed by atoms with Crippen LogP contribution in [0.15, 0.2) is 34.2 Å². The van der Waals surface area contributed by atoms with Gasteiger partial charge in [-0.1, -0.05) is 12.1 Å². The number of carbonyl (C=O) groups is 1. The second-order valence-corrected chi connectivity index (χ2v) is 7.32. The third-order valence-electron chi connectivity index (χ3n) is 4.40. The molecule has 1 aromatic rings. The van der Waals surface area contributed by atoms with Crippen LogP contribution < -0.4 is 10.6 Å². The summed E-state index contributed by atoms with van der Waals surface area (Å²) in [4.78, 5) is 19.4. The zero-order valence-corrected chi connectivity index (χ0v) is 19.7. The van der Waals surface area contributed by atoms with Gasteiger partial charge >= 0.3 is 6.09 Å². The summed E-state index contributed by atoms with van der Waals surface area (Å²) in [5.74, 6) is 1.34. The van der Waals surface area contributed by atoms with Gasteiger partial charge in [0, 0.05) is 32.1 Å². The van der Waals surface area contributed by atoms with E-state index in [1.807, 2.05) is 14.0 Å². The minimum atomic E-state index is -0.344. The first-order valence-electron chi connectivity index (χ1n) is 9.05. The molecule has 0 heterocycles. The van der Waals surface area contributed by atoms with E-state index in [4.69, 9.17) is 4.74 Å². The Morgan fingerprint density at radius 3 is 2.56 bits per heavy atom. The van der Waals surface area contributed by atoms with E-state index >= 15 is 0 Å². The van der Waals surface area contributed by atoms with Gasteiger partial charge in [-0.25, -0.2) is 4.79 Å². The molecule has 1 unspecified atom stereocenters. The van der Waals surface area contributed by atoms with Gasteiger partial charge in [-0.3, -0.25) is 4.99 Å². The van der Waals surface area contributed by atoms with Gasteiger partial charge in [-0.2, -0.15) is 0 Å². The molecule has 2 N–H and O–H groups in total. The van der Waals surface area contributed by atoms with E-state index in [1.165, 1.54) is 10.5 Å². The first-order valence-corrected chi connectivity index (χ1v) is 10.3. The SMILES string of the molecule is CCOC(=O)NC(CNC(=NC)N(C)Cc1ccc(SC)cc1)C1CC1.I. The second kappa shape index (κ2) is 12.3. The number of guanidine groups is 1. The largest absolute Gasteiger partial charge is 0.450 e. The average Bonchev–Trinajstić information content (AvgIpc) is 3.47. The number of nitrogens with one attached hydrogen (secondary N) is 2. The van der Waals surface area contributed by atoms with Crippen LogP contribution in [0.25, 0.3) is 0 Å². The highest BCUT2D eigenvalue weighted by molar-refractivity contribution is 14.0. The summed E-state index contributed by atoms with van der Waals surface area (Å²) in [6.07, 6.45) is 4.03. The molecule has 152 valence electrons. The predicted octanol–water partition coefficient (Wildman–Crippen LogP) is 3.56. The van der Waals surface area contributed by atoms with Crippen LogP contribution in [0.1, 0.15) is 25.3 Å². The van der Waals surface area contributed by atoms with Crippen LogP contribution in [0, 0.1) is 5.92 Å². The predicted molar refractivity (Wildman–Crippen MR) is 123 cm³/mol. The van der Waals surface area contributed by atoms with E-state index in [0.29, 0.717) is 19.1 Å². The maximum atomic E-state index is 11.7. The zero-order chi connectivity index (χ0) is 18.9. The van der Waals surface area contributed by atoms with Gasteiger partial charge in [0.2, 0.25) is 0 Å². The van der Waals surface area contributed by atoms with Crippen LogP contribution >= 0.6 is 35.7 Å². The number of halogens is 1. The Balaban J connectivity index is 0.00000364. The third-order valence-corrected chi connectivity index (χ3v) is 5.15. The van der Waals surface area contributed by atoms with Gasteiger partial charge in [0.15, 0.2) is 5.96 Å². The lowest BCUT2D eigenvalue weighted by atomic mass is 10.2. The number of ether oxygens (including phenoxy) is 1. The van der Waals surface area contributed by atoms with Crippen molar-refractivity contribution >= 4 is 47.8 Å². The Hall–Kier alpha value is -1.16. The molecule has 1 amide bonds. The Bertz CT molecular complexity index is 608. The normalized spacial score (nSPS) is 14.7. The highest BCUT2D eigenvalue weighted by Crippen LogP contribution is 2.32. The molecule has 1 saturated carbocycles. The molecule has 2 rings (SSSR count). The van der Waals surface area contributed by atoms with Crippen LogP contribution in [0.3, 0.4) is 0 Å². The molecule has 0 radical (unpaired) electrons. The molecule has 0 aliphatic heterocycles. The standard InChI is InChI=1S/C19H30N4O2S.HI/c1-5-25-19(24)22-17(15-8-9-15)12-21-18(20-2)23(3)13-14-6-10-16(26-4)11-7-14;/h6-7,10-11,15,17H,5,8-9,12-13H2,1-4H3,(H,20,21)(H,22,24);1H. The van der Waals surface area contributed by atoms with E-state index < -0.39 is 0 Å². The number of nitrogens with zero attached hydrogens (tertiary/aromatic N) is 2. The molecule has 1 aliphatic carbocycles. The van der Waals surface area contributed by atoms with E-state index in [-0.39, 0.29) is 36.1 Å². The quantitative estimate of drug-likeness (QED) is 0.244. The number of benzene rings is 1. The Labute approximate surface area is 183 Å². The molecule has 1 atom stereocenters. The summed E-state index contributed by atoms with van der Waals surface area (Å²) in [5, 5.41) is 6.34. The zero-order valence-electron chi connectivity index (χ0n) is 16.5. The minimum Gasteiger partial charge on any atom is -0.450 e. The number of thioether (sulfide) groups is 1. The number of amides is 1. The molecule has 0 spiro atoms. The maximum Gasteiger partial charge on any atom is 0.407 e. The first kappa shape index (κ1) is 23.9. The van der Waals surface area contributed by atoms with E-state index in [1.54, 1.807) is 18.8 Å². The number of hydrogen-bond donors (Lipinski definition) is 2. The van der Waals surface area contributed by atoms with Crippen molar-refractivity contribution in [2.24, 2.45) is 10.9 Å². The molecule has 8 heteroatoms. The highest BCUT2D eigenvalue weighted by Gasteiger charge is 2.32. The molecule has 27 heavy (non-hydrogen) atoms. The van der Waals surface area contributed by atoms with Crippen molar-refractivity contribution in [2.45, 2.75) is 37.2 Å². The van der Waals surface area contributed by atoms with Crippen molar-refractivity contribution in [1.29, 1.82) is 0 Å². The lowest BCUT2D eigenvalue weighted by Gasteiger charge is -2.25. The fourth-order valence-corrected chi connectivity index (χ4v) is 3.23. The average molecular weight is 506 g/mol. The van der Waals surface area contributed by atoms with Crippen LogP contribution in [0.2, 0.25) is 0 Å². The van der Waals surface area contributed by atoms with Gasteiger partial charge in [-0.15, -0.1) is 35.7 Å². The monoisotopic (exact) mass is 506 g/mol. The summed E-state index contributed by atoms with van der Waals surface area (Å²) in [7, 11) is 3.79. The van der Waals surface area contributed by atoms with Gasteiger partial charge in [0.25, 0.3) is 0 Å². The van der Waals surface area contributed by atoms with Gasteiger partial charge in [0.05, 0.1) is 12.6 Å². The number of alkyl carbamates (subject to hydrolysis) is 1. The Morgan fingerprint density at radius 1 is 1.37 bits per heavy atom. The second-order valence-electron chi connectivity index (χ2n) is 6.44. The molecule has 1 fully saturated rings. The molecule has 0 bridgehead atoms. The first-order chi connectivity index (χ1) is 12.6. The van der Waals surface area contributed by atoms with Gasteiger partial charge < -0.3 is 20.3 Å². The lowest BCUT2D eigenvalue weighted by molar-refractivity contribution is 0.146. The van der Waals surface area contributed by atoms with E-state index in [9.17, 15) is 4.79 Å². The fourth-order valence-electron chi connectivity index (χ4n) is 2.82. The molecule has 0 aromatic heterocycles. The smallest absolute Gasteiger partial charge is 0.407 e. The van der Waals surface area contributed by atoms with Crippen LogP contribution in [-0.4, -0.2) is 56.5 Å². The summed E-state index contributed by atoms with van der Waals surface area (Å²) in [6, 6.07) is 8.63. The van der Waals surface area contributed by atoms with Crippen LogP contribution in [0.4, 0.5) is 4.79 Å². The van der Waals surface area contributed by atoms with E-state index in [2.05, 4.69) is 51.0 Å². The third kappa shape index (κ3) is 8.16. The van der Waals surface area contributed by atoms with Crippen molar-refractivity contribution in [2.75, 3.05) is 33.5 Å².